The van der Waals surface area contributed by atoms with Crippen LogP contribution in [-0.4, -0.2) is 58.8 Å². The van der Waals surface area contributed by atoms with Gasteiger partial charge in [0.2, 0.25) is 5.72 Å². The lowest BCUT2D eigenvalue weighted by Crippen LogP contribution is -2.44. The standard InChI is InChI=1S/C9H13FN5O13P3S/c10-5-6(16)9(13-14-11,26-7(5)15-2-1-4(32)12-8(15)17)3-25-30(21,22)28-31(23,24)27-29(18,19)20/h1-2,5-7,16H,3H2,(H,21,22)(H,23,24)(H,12,17,32)(H2,18,19,20)/t5-,6?,7+,9+/m0/s1. The first-order valence-electron chi connectivity index (χ1n) is 7.67. The zero-order valence-electron chi connectivity index (χ0n) is 15.0. The fourth-order valence-corrected chi connectivity index (χ4v) is 5.56. The number of halogens is 1. The van der Waals surface area contributed by atoms with E-state index in [-0.39, 0.29) is 4.64 Å². The molecule has 23 heteroatoms. The number of ether oxygens (including phenoxy) is 1. The van der Waals surface area contributed by atoms with E-state index in [0.29, 0.717) is 4.57 Å². The maximum Gasteiger partial charge on any atom is 0.490 e. The molecule has 0 bridgehead atoms. The van der Waals surface area contributed by atoms with Gasteiger partial charge in [-0.3, -0.25) is 14.1 Å². The predicted octanol–water partition coefficient (Wildman–Crippen LogP) is 0.484. The number of rotatable bonds is 9. The number of aliphatic hydroxyl groups is 1. The third-order valence-corrected chi connectivity index (χ3v) is 7.57. The molecule has 3 unspecified atom stereocenters. The summed E-state index contributed by atoms with van der Waals surface area (Å²) < 4.78 is 65.4. The van der Waals surface area contributed by atoms with Gasteiger partial charge in [0.05, 0.1) is 6.61 Å². The monoisotopic (exact) mass is 543 g/mol. The normalized spacial score (nSPS) is 29.6. The molecule has 1 aromatic heterocycles. The zero-order valence-corrected chi connectivity index (χ0v) is 18.5. The molecule has 32 heavy (non-hydrogen) atoms. The van der Waals surface area contributed by atoms with E-state index in [0.717, 1.165) is 12.3 Å². The van der Waals surface area contributed by atoms with Crippen LogP contribution in [0.15, 0.2) is 22.2 Å². The van der Waals surface area contributed by atoms with Crippen molar-refractivity contribution in [3.63, 3.8) is 0 Å². The lowest BCUT2D eigenvalue weighted by atomic mass is 10.1. The minimum Gasteiger partial charge on any atom is -0.387 e. The fraction of sp³-hybridized carbons (Fsp3) is 0.556. The Bertz CT molecular complexity index is 1180. The van der Waals surface area contributed by atoms with Crippen LogP contribution in [0.5, 0.6) is 0 Å². The van der Waals surface area contributed by atoms with Crippen molar-refractivity contribution in [1.82, 2.24) is 9.55 Å². The van der Waals surface area contributed by atoms with Crippen molar-refractivity contribution in [2.24, 2.45) is 5.11 Å². The van der Waals surface area contributed by atoms with Gasteiger partial charge in [-0.25, -0.2) is 22.9 Å². The molecule has 6 atom stereocenters. The van der Waals surface area contributed by atoms with E-state index in [1.165, 1.54) is 0 Å². The van der Waals surface area contributed by atoms with Crippen LogP contribution in [0.25, 0.3) is 10.4 Å². The summed E-state index contributed by atoms with van der Waals surface area (Å²) >= 11 is 4.72. The van der Waals surface area contributed by atoms with Gasteiger partial charge in [0.15, 0.2) is 12.4 Å². The van der Waals surface area contributed by atoms with Crippen molar-refractivity contribution >= 4 is 35.7 Å². The molecule has 0 spiro atoms. The number of aliphatic hydroxyl groups excluding tert-OH is 1. The molecule has 1 saturated heterocycles. The average molecular weight is 543 g/mol. The molecule has 2 rings (SSSR count). The Labute approximate surface area is 180 Å². The molecule has 2 heterocycles. The van der Waals surface area contributed by atoms with Gasteiger partial charge in [-0.15, -0.1) is 0 Å². The van der Waals surface area contributed by atoms with Crippen LogP contribution in [0, 0.1) is 4.64 Å². The molecule has 1 aliphatic heterocycles. The summed E-state index contributed by atoms with van der Waals surface area (Å²) in [7, 11) is -17.3. The predicted molar refractivity (Wildman–Crippen MR) is 98.6 cm³/mol. The number of hydrogen-bond donors (Lipinski definition) is 6. The Balaban J connectivity index is 2.28. The first kappa shape index (κ1) is 26.9. The number of phosphoric acid groups is 3. The molecule has 0 saturated carbocycles. The van der Waals surface area contributed by atoms with Crippen molar-refractivity contribution in [1.29, 1.82) is 0 Å². The van der Waals surface area contributed by atoms with Crippen LogP contribution in [0.3, 0.4) is 0 Å². The van der Waals surface area contributed by atoms with Crippen LogP contribution >= 0.6 is 35.7 Å². The van der Waals surface area contributed by atoms with Crippen LogP contribution in [0.2, 0.25) is 0 Å². The molecular weight excluding hydrogens is 530 g/mol. The summed E-state index contributed by atoms with van der Waals surface area (Å²) in [5.74, 6) is 0. The summed E-state index contributed by atoms with van der Waals surface area (Å²) in [5.41, 5.74) is 4.93. The van der Waals surface area contributed by atoms with Crippen molar-refractivity contribution < 1.29 is 60.6 Å². The molecule has 1 fully saturated rings. The number of phosphoric ester groups is 1. The topological polar surface area (TPSA) is 276 Å². The van der Waals surface area contributed by atoms with E-state index < -0.39 is 60.0 Å². The first-order valence-corrected chi connectivity index (χ1v) is 12.6. The van der Waals surface area contributed by atoms with Crippen LogP contribution in [0.4, 0.5) is 4.39 Å². The zero-order chi connectivity index (χ0) is 24.5. The Morgan fingerprint density at radius 3 is 2.47 bits per heavy atom. The average Bonchev–Trinajstić information content (AvgIpc) is 2.83. The molecule has 0 aromatic carbocycles. The number of aromatic nitrogens is 2. The van der Waals surface area contributed by atoms with E-state index in [1.807, 2.05) is 0 Å². The molecule has 1 aromatic rings. The lowest BCUT2D eigenvalue weighted by molar-refractivity contribution is -0.122. The Kier molecular flexibility index (Phi) is 7.99. The maximum absolute atomic E-state index is 14.7. The van der Waals surface area contributed by atoms with E-state index in [4.69, 9.17) is 37.2 Å². The summed E-state index contributed by atoms with van der Waals surface area (Å²) in [6.07, 6.45) is -5.88. The molecule has 0 aliphatic carbocycles. The SMILES string of the molecule is [N-]=[N+]=N[C@]1(COP(=O)(O)OP(=O)(O)OP(=O)(O)O)O[C@@H](n2ccc(=S)[nH]c2=O)[C@@H](F)C1O. The van der Waals surface area contributed by atoms with Crippen molar-refractivity contribution in [3.05, 3.63) is 37.8 Å². The first-order chi connectivity index (χ1) is 14.5. The molecular formula is C9H13FN5O13P3S. The van der Waals surface area contributed by atoms with E-state index in [9.17, 15) is 32.9 Å². The highest BCUT2D eigenvalue weighted by Crippen LogP contribution is 2.66. The highest BCUT2D eigenvalue weighted by atomic mass is 32.1. The van der Waals surface area contributed by atoms with Crippen LogP contribution in [-0.2, 0) is 31.6 Å². The molecule has 1 aliphatic rings. The minimum absolute atomic E-state index is 0.0332. The third-order valence-electron chi connectivity index (χ3n) is 3.55. The molecule has 0 radical (unpaired) electrons. The third kappa shape index (κ3) is 6.60. The summed E-state index contributed by atoms with van der Waals surface area (Å²) in [6, 6.07) is 1.15. The largest absolute Gasteiger partial charge is 0.490 e. The van der Waals surface area contributed by atoms with Gasteiger partial charge in [0.1, 0.15) is 10.7 Å². The highest BCUT2D eigenvalue weighted by Gasteiger charge is 2.57. The number of aromatic amines is 1. The Hall–Kier alpha value is -1.33. The quantitative estimate of drug-likeness (QED) is 0.0813. The lowest BCUT2D eigenvalue weighted by Gasteiger charge is -2.27. The van der Waals surface area contributed by atoms with Crippen LogP contribution < -0.4 is 5.69 Å². The van der Waals surface area contributed by atoms with Gasteiger partial charge >= 0.3 is 29.2 Å². The number of nitrogens with one attached hydrogen (secondary N) is 1. The van der Waals surface area contributed by atoms with Gasteiger partial charge in [-0.1, -0.05) is 17.3 Å². The van der Waals surface area contributed by atoms with Crippen molar-refractivity contribution in [3.8, 4) is 0 Å². The minimum atomic E-state index is -5.87. The van der Waals surface area contributed by atoms with Gasteiger partial charge in [0, 0.05) is 11.1 Å². The van der Waals surface area contributed by atoms with Crippen molar-refractivity contribution in [2.45, 2.75) is 24.2 Å². The van der Waals surface area contributed by atoms with Crippen molar-refractivity contribution in [2.75, 3.05) is 6.61 Å². The Morgan fingerprint density at radius 1 is 1.31 bits per heavy atom. The second-order valence-electron chi connectivity index (χ2n) is 5.81. The van der Waals surface area contributed by atoms with Crippen LogP contribution in [0.1, 0.15) is 6.23 Å². The van der Waals surface area contributed by atoms with Gasteiger partial charge in [-0.05, 0) is 11.6 Å². The summed E-state index contributed by atoms with van der Waals surface area (Å²) in [5, 5.41) is 13.2. The van der Waals surface area contributed by atoms with E-state index in [1.54, 1.807) is 0 Å². The summed E-state index contributed by atoms with van der Waals surface area (Å²) in [4.78, 5) is 52.0. The Morgan fingerprint density at radius 2 is 1.94 bits per heavy atom. The summed E-state index contributed by atoms with van der Waals surface area (Å²) in [6.45, 7) is -1.50. The number of alkyl halides is 1. The van der Waals surface area contributed by atoms with E-state index >= 15 is 0 Å². The second-order valence-corrected chi connectivity index (χ2v) is 10.7. The molecule has 0 amide bonds. The number of H-pyrrole nitrogens is 1. The number of azide groups is 1. The maximum atomic E-state index is 14.7. The van der Waals surface area contributed by atoms with Gasteiger partial charge in [0.25, 0.3) is 0 Å². The molecule has 6 N–H and O–H groups in total. The fourth-order valence-electron chi connectivity index (χ4n) is 2.37. The van der Waals surface area contributed by atoms with Gasteiger partial charge in [-0.2, -0.15) is 8.62 Å². The van der Waals surface area contributed by atoms with E-state index in [2.05, 4.69) is 28.2 Å². The number of hydrogen-bond acceptors (Lipinski definition) is 11. The van der Waals surface area contributed by atoms with Gasteiger partial charge < -0.3 is 29.4 Å². The smallest absolute Gasteiger partial charge is 0.387 e. The molecule has 180 valence electrons. The highest BCUT2D eigenvalue weighted by molar-refractivity contribution is 7.71. The molecule has 18 nitrogen and oxygen atoms in total. The number of nitrogens with zero attached hydrogens (tertiary/aromatic N) is 4. The second kappa shape index (κ2) is 9.50.